The van der Waals surface area contributed by atoms with Gasteiger partial charge in [-0.2, -0.15) is 0 Å². The van der Waals surface area contributed by atoms with Gasteiger partial charge in [-0.1, -0.05) is 0 Å². The molecule has 0 radical (unpaired) electrons. The van der Waals surface area contributed by atoms with Crippen LogP contribution in [0.15, 0.2) is 18.2 Å². The predicted molar refractivity (Wildman–Crippen MR) is 74.3 cm³/mol. The molecule has 6 nitrogen and oxygen atoms in total. The number of ether oxygens (including phenoxy) is 5. The molecule has 0 spiro atoms. The Hall–Kier alpha value is -1.50. The quantitative estimate of drug-likeness (QED) is 0.719. The van der Waals surface area contributed by atoms with E-state index in [1.807, 2.05) is 0 Å². The van der Waals surface area contributed by atoms with E-state index in [2.05, 4.69) is 0 Å². The lowest BCUT2D eigenvalue weighted by molar-refractivity contribution is 0.00708. The lowest BCUT2D eigenvalue weighted by atomic mass is 10.3. The Bertz CT molecular complexity index is 399. The monoisotopic (exact) mass is 283 g/mol. The number of nitrogen functional groups attached to an aromatic ring is 1. The van der Waals surface area contributed by atoms with Crippen LogP contribution in [-0.2, 0) is 14.2 Å². The lowest BCUT2D eigenvalue weighted by Gasteiger charge is -2.13. The third kappa shape index (κ3) is 5.24. The van der Waals surface area contributed by atoms with E-state index in [1.165, 1.54) is 0 Å². The summed E-state index contributed by atoms with van der Waals surface area (Å²) in [5.41, 5.74) is 6.39. The van der Waals surface area contributed by atoms with Gasteiger partial charge in [0.25, 0.3) is 0 Å². The molecule has 0 saturated heterocycles. The molecule has 0 aliphatic carbocycles. The third-order valence-electron chi connectivity index (χ3n) is 2.68. The van der Waals surface area contributed by atoms with E-state index < -0.39 is 0 Å². The summed E-state index contributed by atoms with van der Waals surface area (Å²) < 4.78 is 27.4. The number of benzene rings is 1. The van der Waals surface area contributed by atoms with Crippen molar-refractivity contribution in [1.29, 1.82) is 0 Å². The van der Waals surface area contributed by atoms with E-state index in [1.54, 1.807) is 18.2 Å². The van der Waals surface area contributed by atoms with Crippen LogP contribution in [0.5, 0.6) is 11.5 Å². The Kier molecular flexibility index (Phi) is 6.43. The average molecular weight is 283 g/mol. The van der Waals surface area contributed by atoms with Crippen molar-refractivity contribution in [2.24, 2.45) is 0 Å². The molecule has 2 N–H and O–H groups in total. The molecule has 0 saturated carbocycles. The average Bonchev–Trinajstić information content (AvgIpc) is 2.45. The SMILES string of the molecule is Nc1ccc2c(c1)OCCOCCOCCOCCO2. The predicted octanol–water partition coefficient (Wildman–Crippen LogP) is 1.09. The van der Waals surface area contributed by atoms with Gasteiger partial charge in [-0.05, 0) is 12.1 Å². The van der Waals surface area contributed by atoms with Crippen molar-refractivity contribution in [3.63, 3.8) is 0 Å². The Morgan fingerprint density at radius 3 is 1.75 bits per heavy atom. The van der Waals surface area contributed by atoms with Gasteiger partial charge in [-0.15, -0.1) is 0 Å². The van der Waals surface area contributed by atoms with Gasteiger partial charge in [0.05, 0.1) is 39.6 Å². The summed E-state index contributed by atoms with van der Waals surface area (Å²) >= 11 is 0. The minimum Gasteiger partial charge on any atom is -0.487 e. The zero-order valence-corrected chi connectivity index (χ0v) is 11.5. The van der Waals surface area contributed by atoms with Crippen molar-refractivity contribution in [2.75, 3.05) is 58.6 Å². The topological polar surface area (TPSA) is 72.2 Å². The minimum atomic E-state index is 0.441. The van der Waals surface area contributed by atoms with Gasteiger partial charge in [-0.25, -0.2) is 0 Å². The first-order valence-corrected chi connectivity index (χ1v) is 6.74. The van der Waals surface area contributed by atoms with Crippen molar-refractivity contribution in [2.45, 2.75) is 0 Å². The maximum atomic E-state index is 5.76. The van der Waals surface area contributed by atoms with Gasteiger partial charge in [-0.3, -0.25) is 0 Å². The fourth-order valence-electron chi connectivity index (χ4n) is 1.72. The second-order valence-corrected chi connectivity index (χ2v) is 4.24. The van der Waals surface area contributed by atoms with E-state index in [4.69, 9.17) is 29.4 Å². The first kappa shape index (κ1) is 14.9. The second-order valence-electron chi connectivity index (χ2n) is 4.24. The Labute approximate surface area is 118 Å². The highest BCUT2D eigenvalue weighted by atomic mass is 16.6. The molecule has 0 aromatic heterocycles. The van der Waals surface area contributed by atoms with Crippen molar-refractivity contribution in [1.82, 2.24) is 0 Å². The number of fused-ring (bicyclic) bond motifs is 1. The Balaban J connectivity index is 1.93. The maximum Gasteiger partial charge on any atom is 0.163 e. The van der Waals surface area contributed by atoms with E-state index in [0.29, 0.717) is 70.0 Å². The first-order valence-electron chi connectivity index (χ1n) is 6.74. The van der Waals surface area contributed by atoms with Gasteiger partial charge >= 0.3 is 0 Å². The van der Waals surface area contributed by atoms with Crippen molar-refractivity contribution >= 4 is 5.69 Å². The molecule has 0 amide bonds. The third-order valence-corrected chi connectivity index (χ3v) is 2.68. The molecule has 0 atom stereocenters. The molecule has 20 heavy (non-hydrogen) atoms. The van der Waals surface area contributed by atoms with E-state index >= 15 is 0 Å². The molecule has 1 aliphatic heterocycles. The minimum absolute atomic E-state index is 0.441. The second kappa shape index (κ2) is 8.63. The van der Waals surface area contributed by atoms with Gasteiger partial charge in [0.1, 0.15) is 13.2 Å². The van der Waals surface area contributed by atoms with Crippen LogP contribution in [0.4, 0.5) is 5.69 Å². The number of hydrogen-bond acceptors (Lipinski definition) is 6. The van der Waals surface area contributed by atoms with Crippen LogP contribution in [0.2, 0.25) is 0 Å². The molecule has 1 aromatic rings. The zero-order chi connectivity index (χ0) is 14.0. The standard InChI is InChI=1S/C14H21NO5/c15-12-1-2-13-14(11-12)20-10-8-18-6-4-16-3-5-17-7-9-19-13/h1-2,11H,3-10,15H2. The van der Waals surface area contributed by atoms with Gasteiger partial charge < -0.3 is 29.4 Å². The van der Waals surface area contributed by atoms with Crippen LogP contribution in [0.3, 0.4) is 0 Å². The van der Waals surface area contributed by atoms with Crippen LogP contribution in [0.25, 0.3) is 0 Å². The maximum absolute atomic E-state index is 5.76. The Morgan fingerprint density at radius 2 is 1.15 bits per heavy atom. The normalized spacial score (nSPS) is 18.8. The smallest absolute Gasteiger partial charge is 0.163 e. The summed E-state index contributed by atoms with van der Waals surface area (Å²) in [5.74, 6) is 1.29. The van der Waals surface area contributed by atoms with Crippen molar-refractivity contribution < 1.29 is 23.7 Å². The fourth-order valence-corrected chi connectivity index (χ4v) is 1.72. The molecule has 2 rings (SSSR count). The highest BCUT2D eigenvalue weighted by Gasteiger charge is 2.06. The summed E-state index contributed by atoms with van der Waals surface area (Å²) in [5, 5.41) is 0. The summed E-state index contributed by atoms with van der Waals surface area (Å²) in [6, 6.07) is 5.33. The lowest BCUT2D eigenvalue weighted by Crippen LogP contribution is -2.13. The fraction of sp³-hybridized carbons (Fsp3) is 0.571. The van der Waals surface area contributed by atoms with Crippen LogP contribution in [-0.4, -0.2) is 52.9 Å². The summed E-state index contributed by atoms with van der Waals surface area (Å²) in [4.78, 5) is 0. The molecular formula is C14H21NO5. The molecule has 1 aromatic carbocycles. The number of anilines is 1. The summed E-state index contributed by atoms with van der Waals surface area (Å²) in [7, 11) is 0. The van der Waals surface area contributed by atoms with Crippen LogP contribution in [0, 0.1) is 0 Å². The van der Waals surface area contributed by atoms with Crippen molar-refractivity contribution in [3.05, 3.63) is 18.2 Å². The number of nitrogens with two attached hydrogens (primary N) is 1. The number of hydrogen-bond donors (Lipinski definition) is 1. The summed E-state index contributed by atoms with van der Waals surface area (Å²) in [6.45, 7) is 4.11. The molecule has 0 fully saturated rings. The zero-order valence-electron chi connectivity index (χ0n) is 11.5. The Morgan fingerprint density at radius 1 is 0.650 bits per heavy atom. The molecule has 1 aliphatic rings. The highest BCUT2D eigenvalue weighted by molar-refractivity contribution is 5.51. The molecule has 0 unspecified atom stereocenters. The molecule has 112 valence electrons. The van der Waals surface area contributed by atoms with Crippen molar-refractivity contribution in [3.8, 4) is 11.5 Å². The summed E-state index contributed by atoms with van der Waals surface area (Å²) in [6.07, 6.45) is 0. The van der Waals surface area contributed by atoms with Gasteiger partial charge in [0, 0.05) is 11.8 Å². The van der Waals surface area contributed by atoms with Gasteiger partial charge in [0.2, 0.25) is 0 Å². The van der Waals surface area contributed by atoms with E-state index in [-0.39, 0.29) is 0 Å². The van der Waals surface area contributed by atoms with E-state index in [0.717, 1.165) is 0 Å². The van der Waals surface area contributed by atoms with E-state index in [9.17, 15) is 0 Å². The molecular weight excluding hydrogens is 262 g/mol. The molecule has 0 bridgehead atoms. The van der Waals surface area contributed by atoms with Crippen LogP contribution in [0.1, 0.15) is 0 Å². The largest absolute Gasteiger partial charge is 0.487 e. The van der Waals surface area contributed by atoms with Crippen LogP contribution >= 0.6 is 0 Å². The number of rotatable bonds is 0. The van der Waals surface area contributed by atoms with Crippen LogP contribution < -0.4 is 15.2 Å². The highest BCUT2D eigenvalue weighted by Crippen LogP contribution is 2.29. The molecule has 6 heteroatoms. The molecule has 1 heterocycles. The first-order chi connectivity index (χ1) is 9.86. The van der Waals surface area contributed by atoms with Gasteiger partial charge in [0.15, 0.2) is 11.5 Å².